The van der Waals surface area contributed by atoms with Crippen LogP contribution in [0.4, 0.5) is 0 Å². The minimum atomic E-state index is -0.135. The van der Waals surface area contributed by atoms with Crippen LogP contribution in [0.3, 0.4) is 0 Å². The number of ether oxygens (including phenoxy) is 1. The van der Waals surface area contributed by atoms with Gasteiger partial charge in [-0.3, -0.25) is 9.59 Å². The number of hydrogen-bond donors (Lipinski definition) is 1. The Morgan fingerprint density at radius 1 is 1.64 bits per heavy atom. The molecule has 1 saturated heterocycles. The summed E-state index contributed by atoms with van der Waals surface area (Å²) in [6.07, 6.45) is 2.77. The lowest BCUT2D eigenvalue weighted by Gasteiger charge is -2.21. The normalized spacial score (nSPS) is 21.5. The van der Waals surface area contributed by atoms with Crippen LogP contribution in [0.1, 0.15) is 32.6 Å². The van der Waals surface area contributed by atoms with Crippen molar-refractivity contribution in [1.29, 1.82) is 0 Å². The highest BCUT2D eigenvalue weighted by Crippen LogP contribution is 2.16. The molecule has 1 amide bonds. The maximum atomic E-state index is 11.0. The third-order valence-corrected chi connectivity index (χ3v) is 2.43. The van der Waals surface area contributed by atoms with Crippen molar-refractivity contribution in [2.75, 3.05) is 13.2 Å². The predicted molar refractivity (Wildman–Crippen MR) is 51.6 cm³/mol. The SMILES string of the molecule is CCOC(=O)CC[C@@H]1CCC(=O)NC1. The lowest BCUT2D eigenvalue weighted by atomic mass is 9.94. The molecule has 4 nitrogen and oxygen atoms in total. The van der Waals surface area contributed by atoms with E-state index >= 15 is 0 Å². The van der Waals surface area contributed by atoms with E-state index in [1.807, 2.05) is 0 Å². The fourth-order valence-electron chi connectivity index (χ4n) is 1.59. The fourth-order valence-corrected chi connectivity index (χ4v) is 1.59. The van der Waals surface area contributed by atoms with Crippen LogP contribution in [0.2, 0.25) is 0 Å². The van der Waals surface area contributed by atoms with Crippen LogP contribution in [-0.4, -0.2) is 25.0 Å². The molecule has 1 heterocycles. The molecular weight excluding hydrogens is 182 g/mol. The third-order valence-electron chi connectivity index (χ3n) is 2.43. The maximum absolute atomic E-state index is 11.0. The Balaban J connectivity index is 2.12. The van der Waals surface area contributed by atoms with E-state index in [1.165, 1.54) is 0 Å². The van der Waals surface area contributed by atoms with Crippen molar-refractivity contribution in [1.82, 2.24) is 5.32 Å². The lowest BCUT2D eigenvalue weighted by molar-refractivity contribution is -0.143. The van der Waals surface area contributed by atoms with Crippen molar-refractivity contribution in [3.8, 4) is 0 Å². The molecule has 0 aliphatic carbocycles. The van der Waals surface area contributed by atoms with E-state index in [1.54, 1.807) is 6.92 Å². The van der Waals surface area contributed by atoms with Crippen LogP contribution in [0.15, 0.2) is 0 Å². The van der Waals surface area contributed by atoms with Gasteiger partial charge in [0.1, 0.15) is 0 Å². The smallest absolute Gasteiger partial charge is 0.305 e. The van der Waals surface area contributed by atoms with Crippen molar-refractivity contribution in [3.63, 3.8) is 0 Å². The maximum Gasteiger partial charge on any atom is 0.305 e. The van der Waals surface area contributed by atoms with Crippen LogP contribution < -0.4 is 5.32 Å². The van der Waals surface area contributed by atoms with Crippen molar-refractivity contribution in [2.45, 2.75) is 32.6 Å². The van der Waals surface area contributed by atoms with Crippen LogP contribution in [0.5, 0.6) is 0 Å². The molecule has 1 fully saturated rings. The van der Waals surface area contributed by atoms with Crippen molar-refractivity contribution < 1.29 is 14.3 Å². The summed E-state index contributed by atoms with van der Waals surface area (Å²) in [5.41, 5.74) is 0. The van der Waals surface area contributed by atoms with Gasteiger partial charge in [0.05, 0.1) is 6.61 Å². The summed E-state index contributed by atoms with van der Waals surface area (Å²) in [5.74, 6) is 0.430. The van der Waals surface area contributed by atoms with Crippen molar-refractivity contribution in [2.24, 2.45) is 5.92 Å². The van der Waals surface area contributed by atoms with Crippen molar-refractivity contribution in [3.05, 3.63) is 0 Å². The third kappa shape index (κ3) is 3.77. The van der Waals surface area contributed by atoms with E-state index in [9.17, 15) is 9.59 Å². The minimum absolute atomic E-state index is 0.123. The molecule has 1 aliphatic rings. The first-order valence-corrected chi connectivity index (χ1v) is 5.14. The summed E-state index contributed by atoms with van der Waals surface area (Å²) in [4.78, 5) is 21.9. The number of nitrogens with one attached hydrogen (secondary N) is 1. The van der Waals surface area contributed by atoms with Crippen LogP contribution in [0, 0.1) is 5.92 Å². The molecule has 4 heteroatoms. The zero-order valence-corrected chi connectivity index (χ0v) is 8.54. The molecule has 1 rings (SSSR count). The van der Waals surface area contributed by atoms with Gasteiger partial charge in [0.15, 0.2) is 0 Å². The Morgan fingerprint density at radius 3 is 3.00 bits per heavy atom. The number of hydrogen-bond acceptors (Lipinski definition) is 3. The first-order valence-electron chi connectivity index (χ1n) is 5.14. The topological polar surface area (TPSA) is 55.4 Å². The molecule has 0 aromatic carbocycles. The number of rotatable bonds is 4. The Labute approximate surface area is 84.0 Å². The van der Waals surface area contributed by atoms with Crippen molar-refractivity contribution >= 4 is 11.9 Å². The Hall–Kier alpha value is -1.06. The van der Waals surface area contributed by atoms with Gasteiger partial charge in [-0.2, -0.15) is 0 Å². The Kier molecular flexibility index (Phi) is 4.43. The molecule has 0 spiro atoms. The summed E-state index contributed by atoms with van der Waals surface area (Å²) >= 11 is 0. The van der Waals surface area contributed by atoms with Gasteiger partial charge in [0.25, 0.3) is 0 Å². The highest BCUT2D eigenvalue weighted by molar-refractivity contribution is 5.76. The van der Waals surface area contributed by atoms with Gasteiger partial charge in [0, 0.05) is 19.4 Å². The zero-order valence-electron chi connectivity index (χ0n) is 8.54. The number of carbonyl (C=O) groups is 2. The molecule has 0 saturated carbocycles. The monoisotopic (exact) mass is 199 g/mol. The van der Waals surface area contributed by atoms with Gasteiger partial charge in [-0.05, 0) is 25.7 Å². The van der Waals surface area contributed by atoms with E-state index < -0.39 is 0 Å². The summed E-state index contributed by atoms with van der Waals surface area (Å²) < 4.78 is 4.83. The summed E-state index contributed by atoms with van der Waals surface area (Å²) in [7, 11) is 0. The highest BCUT2D eigenvalue weighted by Gasteiger charge is 2.18. The number of piperidine rings is 1. The first-order chi connectivity index (χ1) is 6.72. The molecule has 0 aromatic rings. The minimum Gasteiger partial charge on any atom is -0.466 e. The van der Waals surface area contributed by atoms with Gasteiger partial charge in [-0.15, -0.1) is 0 Å². The van der Waals surface area contributed by atoms with E-state index in [4.69, 9.17) is 4.74 Å². The molecule has 0 aromatic heterocycles. The second-order valence-electron chi connectivity index (χ2n) is 3.55. The highest BCUT2D eigenvalue weighted by atomic mass is 16.5. The van der Waals surface area contributed by atoms with E-state index in [-0.39, 0.29) is 11.9 Å². The number of amides is 1. The van der Waals surface area contributed by atoms with E-state index in [2.05, 4.69) is 5.32 Å². The van der Waals surface area contributed by atoms with Gasteiger partial charge in [0.2, 0.25) is 5.91 Å². The predicted octanol–water partition coefficient (Wildman–Crippen LogP) is 0.856. The summed E-state index contributed by atoms with van der Waals surface area (Å²) in [5, 5.41) is 2.80. The zero-order chi connectivity index (χ0) is 10.4. The Bertz CT molecular complexity index is 205. The molecule has 1 aliphatic heterocycles. The van der Waals surface area contributed by atoms with Gasteiger partial charge < -0.3 is 10.1 Å². The fraction of sp³-hybridized carbons (Fsp3) is 0.800. The molecule has 0 radical (unpaired) electrons. The van der Waals surface area contributed by atoms with Gasteiger partial charge in [-0.1, -0.05) is 0 Å². The molecule has 0 bridgehead atoms. The molecular formula is C10H17NO3. The first kappa shape index (κ1) is 11.0. The standard InChI is InChI=1S/C10H17NO3/c1-2-14-10(13)6-4-8-3-5-9(12)11-7-8/h8H,2-7H2,1H3,(H,11,12)/t8-/m0/s1. The molecule has 1 N–H and O–H groups in total. The Morgan fingerprint density at radius 2 is 2.43 bits per heavy atom. The summed E-state index contributed by atoms with van der Waals surface area (Å²) in [6, 6.07) is 0. The van der Waals surface area contributed by atoms with Crippen LogP contribution >= 0.6 is 0 Å². The molecule has 14 heavy (non-hydrogen) atoms. The van der Waals surface area contributed by atoms with Crippen LogP contribution in [-0.2, 0) is 14.3 Å². The summed E-state index contributed by atoms with van der Waals surface area (Å²) in [6.45, 7) is 2.96. The molecule has 1 atom stereocenters. The average Bonchev–Trinajstić information content (AvgIpc) is 2.17. The van der Waals surface area contributed by atoms with E-state index in [0.717, 1.165) is 12.8 Å². The second kappa shape index (κ2) is 5.62. The number of carbonyl (C=O) groups excluding carboxylic acids is 2. The van der Waals surface area contributed by atoms with Gasteiger partial charge in [-0.25, -0.2) is 0 Å². The van der Waals surface area contributed by atoms with E-state index in [0.29, 0.717) is 31.9 Å². The van der Waals surface area contributed by atoms with Gasteiger partial charge >= 0.3 is 5.97 Å². The molecule has 0 unspecified atom stereocenters. The van der Waals surface area contributed by atoms with Crippen LogP contribution in [0.25, 0.3) is 0 Å². The number of esters is 1. The quantitative estimate of drug-likeness (QED) is 0.683. The average molecular weight is 199 g/mol. The largest absolute Gasteiger partial charge is 0.466 e. The second-order valence-corrected chi connectivity index (χ2v) is 3.55. The molecule has 80 valence electrons. The lowest BCUT2D eigenvalue weighted by Crippen LogP contribution is -2.35.